The van der Waals surface area contributed by atoms with Crippen LogP contribution < -0.4 is 20.3 Å². The van der Waals surface area contributed by atoms with Gasteiger partial charge in [-0.1, -0.05) is 29.8 Å². The van der Waals surface area contributed by atoms with Crippen molar-refractivity contribution in [3.63, 3.8) is 0 Å². The van der Waals surface area contributed by atoms with Crippen LogP contribution in [0.15, 0.2) is 48.5 Å². The molecule has 0 radical (unpaired) electrons. The third kappa shape index (κ3) is 6.91. The number of aromatic nitrogens is 2. The molecule has 9 heteroatoms. The van der Waals surface area contributed by atoms with Crippen LogP contribution in [0, 0.1) is 6.92 Å². The maximum Gasteiger partial charge on any atom is 0.319 e. The molecule has 8 nitrogen and oxygen atoms in total. The van der Waals surface area contributed by atoms with Gasteiger partial charge in [0.15, 0.2) is 0 Å². The second kappa shape index (κ2) is 11.8. The minimum atomic E-state index is -0.197. The van der Waals surface area contributed by atoms with Crippen LogP contribution in [0.2, 0.25) is 0 Å². The number of nitrogens with one attached hydrogen (secondary N) is 2. The molecule has 2 heterocycles. The predicted molar refractivity (Wildman–Crippen MR) is 137 cm³/mol. The average molecular weight is 481 g/mol. The molecule has 3 aromatic rings. The van der Waals surface area contributed by atoms with Crippen molar-refractivity contribution in [2.45, 2.75) is 20.3 Å². The standard InChI is InChI=1S/C25H32N6O2S/c1-3-33-22-10-8-21(9-11-22)27-24(32)26-12-13-30-14-16-31(17-15-30)25-28-23(29-34-25)18-20-6-4-19(2)5-7-20/h4-11H,3,12-18H2,1-2H3,(H2,26,27,32). The summed E-state index contributed by atoms with van der Waals surface area (Å²) in [6, 6.07) is 15.7. The highest BCUT2D eigenvalue weighted by Crippen LogP contribution is 2.20. The molecule has 1 fully saturated rings. The van der Waals surface area contributed by atoms with Gasteiger partial charge in [-0.05, 0) is 43.7 Å². The van der Waals surface area contributed by atoms with Gasteiger partial charge in [0.05, 0.1) is 6.61 Å². The number of rotatable bonds is 9. The average Bonchev–Trinajstić information content (AvgIpc) is 3.31. The van der Waals surface area contributed by atoms with E-state index in [1.165, 1.54) is 22.7 Å². The number of urea groups is 1. The lowest BCUT2D eigenvalue weighted by Crippen LogP contribution is -2.48. The van der Waals surface area contributed by atoms with Gasteiger partial charge in [-0.25, -0.2) is 9.78 Å². The summed E-state index contributed by atoms with van der Waals surface area (Å²) in [5, 5.41) is 6.78. The van der Waals surface area contributed by atoms with Crippen LogP contribution in [0.3, 0.4) is 0 Å². The van der Waals surface area contributed by atoms with Gasteiger partial charge in [-0.2, -0.15) is 4.37 Å². The fourth-order valence-corrected chi connectivity index (χ4v) is 4.54. The molecular formula is C25H32N6O2S. The van der Waals surface area contributed by atoms with Crippen LogP contribution in [0.4, 0.5) is 15.6 Å². The van der Waals surface area contributed by atoms with Crippen LogP contribution in [0.5, 0.6) is 5.75 Å². The van der Waals surface area contributed by atoms with Crippen molar-refractivity contribution in [1.29, 1.82) is 0 Å². The van der Waals surface area contributed by atoms with E-state index in [1.54, 1.807) is 0 Å². The van der Waals surface area contributed by atoms with Gasteiger partial charge in [-0.15, -0.1) is 0 Å². The Labute approximate surface area is 205 Å². The van der Waals surface area contributed by atoms with E-state index in [-0.39, 0.29) is 6.03 Å². The quantitative estimate of drug-likeness (QED) is 0.485. The molecule has 2 N–H and O–H groups in total. The number of anilines is 2. The van der Waals surface area contributed by atoms with E-state index in [2.05, 4.69) is 56.0 Å². The van der Waals surface area contributed by atoms with Crippen LogP contribution in [-0.2, 0) is 6.42 Å². The molecule has 1 aromatic heterocycles. The number of piperazine rings is 1. The maximum atomic E-state index is 12.2. The van der Waals surface area contributed by atoms with Crippen molar-refractivity contribution in [2.24, 2.45) is 0 Å². The van der Waals surface area contributed by atoms with E-state index in [4.69, 9.17) is 9.72 Å². The normalized spacial score (nSPS) is 14.1. The molecule has 0 aliphatic carbocycles. The first-order valence-electron chi connectivity index (χ1n) is 11.7. The largest absolute Gasteiger partial charge is 0.494 e. The van der Waals surface area contributed by atoms with Crippen LogP contribution in [0.25, 0.3) is 0 Å². The summed E-state index contributed by atoms with van der Waals surface area (Å²) in [6.07, 6.45) is 0.765. The molecule has 2 amide bonds. The monoisotopic (exact) mass is 480 g/mol. The zero-order valence-electron chi connectivity index (χ0n) is 19.8. The summed E-state index contributed by atoms with van der Waals surface area (Å²) in [7, 11) is 0. The van der Waals surface area contributed by atoms with Crippen molar-refractivity contribution < 1.29 is 9.53 Å². The lowest BCUT2D eigenvalue weighted by Gasteiger charge is -2.34. The van der Waals surface area contributed by atoms with Gasteiger partial charge >= 0.3 is 6.03 Å². The molecule has 180 valence electrons. The number of aryl methyl sites for hydroxylation is 1. The Morgan fingerprint density at radius 1 is 1.06 bits per heavy atom. The molecule has 0 spiro atoms. The number of ether oxygens (including phenoxy) is 1. The highest BCUT2D eigenvalue weighted by atomic mass is 32.1. The lowest BCUT2D eigenvalue weighted by atomic mass is 10.1. The topological polar surface area (TPSA) is 82.6 Å². The smallest absolute Gasteiger partial charge is 0.319 e. The summed E-state index contributed by atoms with van der Waals surface area (Å²) >= 11 is 1.48. The van der Waals surface area contributed by atoms with Gasteiger partial charge in [-0.3, -0.25) is 4.90 Å². The zero-order valence-corrected chi connectivity index (χ0v) is 20.6. The van der Waals surface area contributed by atoms with E-state index in [0.717, 1.165) is 61.5 Å². The molecule has 0 unspecified atom stereocenters. The minimum absolute atomic E-state index is 0.197. The van der Waals surface area contributed by atoms with Gasteiger partial charge in [0.1, 0.15) is 11.6 Å². The Balaban J connectivity index is 1.15. The van der Waals surface area contributed by atoms with E-state index < -0.39 is 0 Å². The Kier molecular flexibility index (Phi) is 8.32. The number of benzene rings is 2. The number of hydrogen-bond donors (Lipinski definition) is 2. The fraction of sp³-hybridized carbons (Fsp3) is 0.400. The highest BCUT2D eigenvalue weighted by molar-refractivity contribution is 7.09. The summed E-state index contributed by atoms with van der Waals surface area (Å²) in [6.45, 7) is 9.79. The number of amides is 2. The zero-order chi connectivity index (χ0) is 23.8. The molecule has 0 bridgehead atoms. The fourth-order valence-electron chi connectivity index (χ4n) is 3.80. The summed E-state index contributed by atoms with van der Waals surface area (Å²) in [5.74, 6) is 1.68. The predicted octanol–water partition coefficient (Wildman–Crippen LogP) is 3.78. The highest BCUT2D eigenvalue weighted by Gasteiger charge is 2.20. The first kappa shape index (κ1) is 24.0. The molecular weight excluding hydrogens is 448 g/mol. The number of carbonyl (C=O) groups excluding carboxylic acids is 1. The van der Waals surface area contributed by atoms with E-state index in [0.29, 0.717) is 13.2 Å². The molecule has 34 heavy (non-hydrogen) atoms. The van der Waals surface area contributed by atoms with Gasteiger partial charge in [0, 0.05) is 62.9 Å². The minimum Gasteiger partial charge on any atom is -0.494 e. The Morgan fingerprint density at radius 2 is 1.79 bits per heavy atom. The van der Waals surface area contributed by atoms with E-state index in [1.807, 2.05) is 31.2 Å². The molecule has 0 saturated carbocycles. The number of hydrogen-bond acceptors (Lipinski definition) is 7. The Bertz CT molecular complexity index is 1050. The maximum absolute atomic E-state index is 12.2. The molecule has 4 rings (SSSR count). The van der Waals surface area contributed by atoms with Gasteiger partial charge in [0.2, 0.25) is 5.13 Å². The molecule has 0 atom stereocenters. The van der Waals surface area contributed by atoms with Gasteiger partial charge in [0.25, 0.3) is 0 Å². The first-order chi connectivity index (χ1) is 16.6. The summed E-state index contributed by atoms with van der Waals surface area (Å²) < 4.78 is 9.98. The molecule has 1 aliphatic heterocycles. The lowest BCUT2D eigenvalue weighted by molar-refractivity contribution is 0.240. The van der Waals surface area contributed by atoms with Crippen LogP contribution in [0.1, 0.15) is 23.9 Å². The van der Waals surface area contributed by atoms with Gasteiger partial charge < -0.3 is 20.3 Å². The third-order valence-corrected chi connectivity index (χ3v) is 6.53. The first-order valence-corrected chi connectivity index (χ1v) is 12.5. The van der Waals surface area contributed by atoms with Crippen molar-refractivity contribution in [2.75, 3.05) is 56.1 Å². The number of nitrogens with zero attached hydrogens (tertiary/aromatic N) is 4. The van der Waals surface area contributed by atoms with Crippen LogP contribution >= 0.6 is 11.5 Å². The summed E-state index contributed by atoms with van der Waals surface area (Å²) in [5.41, 5.74) is 3.24. The van der Waals surface area contributed by atoms with E-state index >= 15 is 0 Å². The second-order valence-corrected chi connectivity index (χ2v) is 9.05. The summed E-state index contributed by atoms with van der Waals surface area (Å²) in [4.78, 5) is 21.6. The number of carbonyl (C=O) groups is 1. The SMILES string of the molecule is CCOc1ccc(NC(=O)NCCN2CCN(c3nc(Cc4ccc(C)cc4)ns3)CC2)cc1. The van der Waals surface area contributed by atoms with Crippen LogP contribution in [-0.4, -0.2) is 66.2 Å². The van der Waals surface area contributed by atoms with Crippen molar-refractivity contribution in [3.05, 3.63) is 65.5 Å². The molecule has 1 aliphatic rings. The van der Waals surface area contributed by atoms with E-state index in [9.17, 15) is 4.79 Å². The van der Waals surface area contributed by atoms with Crippen molar-refractivity contribution in [1.82, 2.24) is 19.6 Å². The Hall–Kier alpha value is -3.17. The third-order valence-electron chi connectivity index (χ3n) is 5.72. The molecule has 2 aromatic carbocycles. The second-order valence-electron chi connectivity index (χ2n) is 8.32. The Morgan fingerprint density at radius 3 is 2.50 bits per heavy atom. The van der Waals surface area contributed by atoms with Crippen molar-refractivity contribution in [3.8, 4) is 5.75 Å². The van der Waals surface area contributed by atoms with Crippen molar-refractivity contribution >= 4 is 28.4 Å². The molecule has 1 saturated heterocycles.